The number of fused-ring (bicyclic) bond motifs is 1. The number of aromatic nitrogens is 4. The van der Waals surface area contributed by atoms with Crippen molar-refractivity contribution in [2.75, 3.05) is 5.32 Å². The van der Waals surface area contributed by atoms with Crippen molar-refractivity contribution >= 4 is 22.5 Å². The van der Waals surface area contributed by atoms with Gasteiger partial charge in [-0.2, -0.15) is 4.98 Å². The fraction of sp³-hybridized carbons (Fsp3) is 0.120. The van der Waals surface area contributed by atoms with Crippen LogP contribution < -0.4 is 15.6 Å². The highest BCUT2D eigenvalue weighted by molar-refractivity contribution is 5.84. The first-order chi connectivity index (χ1) is 15.9. The van der Waals surface area contributed by atoms with Crippen molar-refractivity contribution < 1.29 is 14.5 Å². The van der Waals surface area contributed by atoms with Crippen molar-refractivity contribution in [3.63, 3.8) is 0 Å². The van der Waals surface area contributed by atoms with Gasteiger partial charge in [-0.25, -0.2) is 0 Å². The molecule has 3 aromatic heterocycles. The molecule has 0 spiro atoms. The summed E-state index contributed by atoms with van der Waals surface area (Å²) >= 11 is 0. The van der Waals surface area contributed by atoms with Gasteiger partial charge in [0.2, 0.25) is 11.9 Å². The molecule has 0 fully saturated rings. The molecule has 0 saturated heterocycles. The fourth-order valence-electron chi connectivity index (χ4n) is 3.84. The smallest absolute Gasteiger partial charge is 0.268 e. The first-order valence-electron chi connectivity index (χ1n) is 10.4. The SMILES string of the molecule is Cc1ccc(Nc2noc(-c3ccccc3)n2)cc1-c1cc2c[n+](O)c(C)cc2n(C)c1=O. The van der Waals surface area contributed by atoms with Gasteiger partial charge < -0.3 is 14.4 Å². The Kier molecular flexibility index (Phi) is 4.90. The Bertz CT molecular complexity index is 1550. The number of benzene rings is 2. The Balaban J connectivity index is 1.54. The molecule has 164 valence electrons. The van der Waals surface area contributed by atoms with Crippen molar-refractivity contribution in [2.45, 2.75) is 13.8 Å². The molecule has 0 amide bonds. The van der Waals surface area contributed by atoms with Gasteiger partial charge in [0.05, 0.1) is 10.9 Å². The quantitative estimate of drug-likeness (QED) is 0.322. The Morgan fingerprint density at radius 1 is 1.03 bits per heavy atom. The molecule has 0 radical (unpaired) electrons. The third-order valence-electron chi connectivity index (χ3n) is 5.69. The number of pyridine rings is 2. The zero-order valence-electron chi connectivity index (χ0n) is 18.4. The molecule has 3 heterocycles. The number of hydrogen-bond acceptors (Lipinski definition) is 6. The standard InChI is InChI=1S/C25H22N5O3/c1-15-9-10-19(26-25-27-23(33-28-25)17-7-5-4-6-8-17)13-20(15)21-12-18-14-30(32)16(2)11-22(18)29(3)24(21)31/h4-14,32H,1-3H3,(H,26,28)/q+1. The monoisotopic (exact) mass is 440 g/mol. The van der Waals surface area contributed by atoms with Crippen LogP contribution in [0.4, 0.5) is 11.6 Å². The van der Waals surface area contributed by atoms with Crippen molar-refractivity contribution in [3.8, 4) is 22.6 Å². The van der Waals surface area contributed by atoms with Gasteiger partial charge in [-0.15, -0.1) is 0 Å². The van der Waals surface area contributed by atoms with Gasteiger partial charge >= 0.3 is 0 Å². The maximum Gasteiger partial charge on any atom is 0.268 e. The molecule has 0 aliphatic heterocycles. The minimum absolute atomic E-state index is 0.122. The van der Waals surface area contributed by atoms with Gasteiger partial charge in [-0.05, 0) is 53.5 Å². The van der Waals surface area contributed by atoms with E-state index in [9.17, 15) is 10.0 Å². The summed E-state index contributed by atoms with van der Waals surface area (Å²) in [7, 11) is 1.73. The molecule has 0 aliphatic carbocycles. The second-order valence-electron chi connectivity index (χ2n) is 7.97. The number of nitrogens with one attached hydrogen (secondary N) is 1. The molecule has 2 aromatic carbocycles. The molecular formula is C25H22N5O3+. The summed E-state index contributed by atoms with van der Waals surface area (Å²) in [5.74, 6) is 0.744. The van der Waals surface area contributed by atoms with Gasteiger partial charge in [0, 0.05) is 41.6 Å². The summed E-state index contributed by atoms with van der Waals surface area (Å²) in [5, 5.41) is 18.0. The van der Waals surface area contributed by atoms with Crippen LogP contribution in [0.2, 0.25) is 0 Å². The third-order valence-corrected chi connectivity index (χ3v) is 5.69. The first-order valence-corrected chi connectivity index (χ1v) is 10.4. The maximum absolute atomic E-state index is 13.2. The number of anilines is 2. The summed E-state index contributed by atoms with van der Waals surface area (Å²) in [4.78, 5) is 17.6. The van der Waals surface area contributed by atoms with Gasteiger partial charge in [-0.3, -0.25) is 10.0 Å². The van der Waals surface area contributed by atoms with Crippen molar-refractivity contribution in [1.82, 2.24) is 14.7 Å². The summed E-state index contributed by atoms with van der Waals surface area (Å²) < 4.78 is 8.02. The van der Waals surface area contributed by atoms with Crippen LogP contribution in [0.15, 0.2) is 76.2 Å². The summed E-state index contributed by atoms with van der Waals surface area (Å²) in [5.41, 5.74) is 5.08. The van der Waals surface area contributed by atoms with Crippen LogP contribution in [0.3, 0.4) is 0 Å². The van der Waals surface area contributed by atoms with E-state index in [-0.39, 0.29) is 5.56 Å². The zero-order chi connectivity index (χ0) is 23.1. The molecule has 8 nitrogen and oxygen atoms in total. The molecule has 0 bridgehead atoms. The molecule has 0 atom stereocenters. The molecule has 2 N–H and O–H groups in total. The van der Waals surface area contributed by atoms with E-state index >= 15 is 0 Å². The summed E-state index contributed by atoms with van der Waals surface area (Å²) in [6.45, 7) is 3.73. The lowest BCUT2D eigenvalue weighted by Crippen LogP contribution is -2.33. The van der Waals surface area contributed by atoms with Crippen LogP contribution in [0.1, 0.15) is 11.3 Å². The van der Waals surface area contributed by atoms with E-state index in [0.717, 1.165) is 38.0 Å². The lowest BCUT2D eigenvalue weighted by molar-refractivity contribution is -0.907. The van der Waals surface area contributed by atoms with Crippen molar-refractivity contribution in [3.05, 3.63) is 88.5 Å². The fourth-order valence-corrected chi connectivity index (χ4v) is 3.84. The molecule has 33 heavy (non-hydrogen) atoms. The Labute approximate surface area is 189 Å². The molecule has 0 unspecified atom stereocenters. The molecule has 0 aliphatic rings. The lowest BCUT2D eigenvalue weighted by atomic mass is 9.99. The predicted molar refractivity (Wildman–Crippen MR) is 124 cm³/mol. The average molecular weight is 440 g/mol. The van der Waals surface area contributed by atoms with E-state index in [1.54, 1.807) is 36.9 Å². The van der Waals surface area contributed by atoms with E-state index in [1.807, 2.05) is 55.5 Å². The van der Waals surface area contributed by atoms with Crippen LogP contribution >= 0.6 is 0 Å². The molecule has 8 heteroatoms. The highest BCUT2D eigenvalue weighted by Crippen LogP contribution is 2.28. The van der Waals surface area contributed by atoms with Crippen LogP contribution in [-0.2, 0) is 7.05 Å². The minimum Gasteiger partial charge on any atom is -0.332 e. The average Bonchev–Trinajstić information content (AvgIpc) is 3.28. The van der Waals surface area contributed by atoms with E-state index in [2.05, 4.69) is 15.5 Å². The zero-order valence-corrected chi connectivity index (χ0v) is 18.4. The highest BCUT2D eigenvalue weighted by Gasteiger charge is 2.16. The normalized spacial score (nSPS) is 11.1. The number of nitrogens with zero attached hydrogens (tertiary/aromatic N) is 4. The van der Waals surface area contributed by atoms with E-state index in [1.165, 1.54) is 0 Å². The van der Waals surface area contributed by atoms with Crippen LogP contribution in [0, 0.1) is 13.8 Å². The molecule has 5 aromatic rings. The van der Waals surface area contributed by atoms with Gasteiger partial charge in [0.1, 0.15) is 0 Å². The highest BCUT2D eigenvalue weighted by atomic mass is 16.5. The predicted octanol–water partition coefficient (Wildman–Crippen LogP) is 4.14. The van der Waals surface area contributed by atoms with E-state index in [4.69, 9.17) is 4.52 Å². The number of hydrogen-bond donors (Lipinski definition) is 2. The summed E-state index contributed by atoms with van der Waals surface area (Å²) in [6, 6.07) is 18.8. The Hall–Kier alpha value is -4.46. The van der Waals surface area contributed by atoms with Crippen LogP contribution in [0.5, 0.6) is 0 Å². The lowest BCUT2D eigenvalue weighted by Gasteiger charge is -2.12. The minimum atomic E-state index is -0.122. The third kappa shape index (κ3) is 3.71. The van der Waals surface area contributed by atoms with Gasteiger partial charge in [0.15, 0.2) is 0 Å². The molecule has 5 rings (SSSR count). The Morgan fingerprint density at radius 3 is 2.61 bits per heavy atom. The maximum atomic E-state index is 13.2. The topological polar surface area (TPSA) is 97.1 Å². The largest absolute Gasteiger partial charge is 0.332 e. The Morgan fingerprint density at radius 2 is 1.82 bits per heavy atom. The van der Waals surface area contributed by atoms with Gasteiger partial charge in [0.25, 0.3) is 17.4 Å². The van der Waals surface area contributed by atoms with Crippen LogP contribution in [0.25, 0.3) is 33.5 Å². The van der Waals surface area contributed by atoms with Crippen LogP contribution in [-0.4, -0.2) is 19.9 Å². The second kappa shape index (κ2) is 7.90. The number of rotatable bonds is 4. The second-order valence-corrected chi connectivity index (χ2v) is 7.97. The summed E-state index contributed by atoms with van der Waals surface area (Å²) in [6.07, 6.45) is 1.61. The molecule has 0 saturated carbocycles. The van der Waals surface area contributed by atoms with Crippen molar-refractivity contribution in [2.24, 2.45) is 7.05 Å². The number of aryl methyl sites for hydroxylation is 3. The van der Waals surface area contributed by atoms with E-state index < -0.39 is 0 Å². The van der Waals surface area contributed by atoms with E-state index in [0.29, 0.717) is 23.1 Å². The van der Waals surface area contributed by atoms with Gasteiger partial charge in [-0.1, -0.05) is 24.3 Å². The first kappa shape index (κ1) is 20.4. The molecular weight excluding hydrogens is 418 g/mol. The van der Waals surface area contributed by atoms with Crippen molar-refractivity contribution in [1.29, 1.82) is 0 Å².